The highest BCUT2D eigenvalue weighted by atomic mass is 32.2. The van der Waals surface area contributed by atoms with Crippen molar-refractivity contribution >= 4 is 10.0 Å². The van der Waals surface area contributed by atoms with E-state index in [1.54, 1.807) is 12.1 Å². The molecule has 0 aliphatic carbocycles. The number of nitrogens with zero attached hydrogens (tertiary/aromatic N) is 1. The third kappa shape index (κ3) is 7.06. The molecule has 0 unspecified atom stereocenters. The molecular weight excluding hydrogens is 354 g/mol. The molecule has 3 nitrogen and oxygen atoms in total. The fourth-order valence-electron chi connectivity index (χ4n) is 2.44. The Morgan fingerprint density at radius 3 is 2.26 bits per heavy atom. The largest absolute Gasteiger partial charge is 0.264 e. The minimum Gasteiger partial charge on any atom is -0.263 e. The van der Waals surface area contributed by atoms with Crippen LogP contribution in [0.2, 0.25) is 0 Å². The van der Waals surface area contributed by atoms with Crippen LogP contribution in [0.3, 0.4) is 0 Å². The molecule has 0 fully saturated rings. The van der Waals surface area contributed by atoms with Gasteiger partial charge in [-0.2, -0.15) is 0 Å². The van der Waals surface area contributed by atoms with Crippen LogP contribution in [0.1, 0.15) is 39.7 Å². The van der Waals surface area contributed by atoms with Crippen LogP contribution in [0.5, 0.6) is 0 Å². The quantitative estimate of drug-likeness (QED) is 0.390. The molecule has 0 amide bonds. The summed E-state index contributed by atoms with van der Waals surface area (Å²) in [5.74, 6) is 0. The van der Waals surface area contributed by atoms with E-state index < -0.39 is 10.0 Å². The lowest BCUT2D eigenvalue weighted by atomic mass is 10.2. The van der Waals surface area contributed by atoms with E-state index in [-0.39, 0.29) is 6.54 Å². The summed E-state index contributed by atoms with van der Waals surface area (Å²) in [7, 11) is -3.63. The minimum atomic E-state index is -3.63. The normalized spacial score (nSPS) is 14.0. The van der Waals surface area contributed by atoms with Gasteiger partial charge in [0.25, 0.3) is 10.0 Å². The molecule has 0 atom stereocenters. The van der Waals surface area contributed by atoms with E-state index in [1.165, 1.54) is 9.88 Å². The SMILES string of the molecule is C/C=C\C=C(\C)C/C=C/CN(C(/C=C\C)=C/C)S(=O)(=O)c1ccc(C)cc1. The Labute approximate surface area is 165 Å². The summed E-state index contributed by atoms with van der Waals surface area (Å²) in [4.78, 5) is 0.300. The highest BCUT2D eigenvalue weighted by molar-refractivity contribution is 7.89. The Kier molecular flexibility index (Phi) is 9.59. The maximum absolute atomic E-state index is 13.2. The van der Waals surface area contributed by atoms with Crippen LogP contribution < -0.4 is 0 Å². The van der Waals surface area contributed by atoms with Gasteiger partial charge in [0.15, 0.2) is 0 Å². The summed E-state index contributed by atoms with van der Waals surface area (Å²) in [6, 6.07) is 6.96. The lowest BCUT2D eigenvalue weighted by Crippen LogP contribution is -2.30. The summed E-state index contributed by atoms with van der Waals surface area (Å²) in [6.07, 6.45) is 16.2. The molecular formula is C23H31NO2S. The van der Waals surface area contributed by atoms with Gasteiger partial charge in [0.1, 0.15) is 0 Å². The van der Waals surface area contributed by atoms with E-state index in [1.807, 2.05) is 82.4 Å². The molecule has 27 heavy (non-hydrogen) atoms. The topological polar surface area (TPSA) is 37.4 Å². The van der Waals surface area contributed by atoms with Crippen molar-refractivity contribution in [2.24, 2.45) is 0 Å². The first-order chi connectivity index (χ1) is 12.9. The van der Waals surface area contributed by atoms with Crippen molar-refractivity contribution in [2.45, 2.75) is 45.9 Å². The number of sulfonamides is 1. The molecule has 0 aliphatic heterocycles. The number of aryl methyl sites for hydroxylation is 1. The molecule has 146 valence electrons. The Balaban J connectivity index is 3.12. The predicted octanol–water partition coefficient (Wildman–Crippen LogP) is 5.93. The average Bonchev–Trinajstić information content (AvgIpc) is 2.65. The molecule has 0 aromatic heterocycles. The molecule has 0 heterocycles. The molecule has 0 bridgehead atoms. The van der Waals surface area contributed by atoms with Crippen molar-refractivity contribution in [1.29, 1.82) is 0 Å². The number of hydrogen-bond donors (Lipinski definition) is 0. The van der Waals surface area contributed by atoms with Gasteiger partial charge in [-0.05, 0) is 59.2 Å². The van der Waals surface area contributed by atoms with Gasteiger partial charge in [-0.3, -0.25) is 4.31 Å². The van der Waals surface area contributed by atoms with Crippen LogP contribution in [0.25, 0.3) is 0 Å². The molecule has 4 heteroatoms. The van der Waals surface area contributed by atoms with E-state index in [0.29, 0.717) is 10.6 Å². The van der Waals surface area contributed by atoms with Crippen LogP contribution in [-0.2, 0) is 10.0 Å². The first-order valence-electron chi connectivity index (χ1n) is 9.18. The number of allylic oxidation sites excluding steroid dienone is 8. The third-order valence-electron chi connectivity index (χ3n) is 3.98. The summed E-state index contributed by atoms with van der Waals surface area (Å²) in [5, 5.41) is 0. The molecule has 0 saturated heterocycles. The van der Waals surface area contributed by atoms with Gasteiger partial charge in [0, 0.05) is 5.70 Å². The Hall–Kier alpha value is -2.33. The maximum Gasteiger partial charge on any atom is 0.264 e. The zero-order valence-electron chi connectivity index (χ0n) is 17.0. The molecule has 0 aliphatic rings. The predicted molar refractivity (Wildman–Crippen MR) is 116 cm³/mol. The second-order valence-corrected chi connectivity index (χ2v) is 8.14. The van der Waals surface area contributed by atoms with Crippen molar-refractivity contribution < 1.29 is 8.42 Å². The van der Waals surface area contributed by atoms with Crippen LogP contribution >= 0.6 is 0 Å². The highest BCUT2D eigenvalue weighted by Crippen LogP contribution is 2.21. The average molecular weight is 386 g/mol. The third-order valence-corrected chi connectivity index (χ3v) is 5.79. The van der Waals surface area contributed by atoms with Crippen molar-refractivity contribution in [3.8, 4) is 0 Å². The monoisotopic (exact) mass is 385 g/mol. The van der Waals surface area contributed by atoms with Gasteiger partial charge in [-0.25, -0.2) is 8.42 Å². The van der Waals surface area contributed by atoms with Crippen molar-refractivity contribution in [3.63, 3.8) is 0 Å². The molecule has 0 saturated carbocycles. The van der Waals surface area contributed by atoms with E-state index >= 15 is 0 Å². The zero-order chi connectivity index (χ0) is 20.3. The summed E-state index contributed by atoms with van der Waals surface area (Å²) >= 11 is 0. The summed E-state index contributed by atoms with van der Waals surface area (Å²) in [5.41, 5.74) is 2.91. The fourth-order valence-corrected chi connectivity index (χ4v) is 3.90. The van der Waals surface area contributed by atoms with Gasteiger partial charge in [-0.1, -0.05) is 65.8 Å². The Morgan fingerprint density at radius 2 is 1.70 bits per heavy atom. The van der Waals surface area contributed by atoms with Gasteiger partial charge in [-0.15, -0.1) is 0 Å². The molecule has 1 aromatic rings. The Morgan fingerprint density at radius 1 is 1.04 bits per heavy atom. The van der Waals surface area contributed by atoms with Gasteiger partial charge >= 0.3 is 0 Å². The smallest absolute Gasteiger partial charge is 0.263 e. The number of hydrogen-bond acceptors (Lipinski definition) is 2. The first-order valence-corrected chi connectivity index (χ1v) is 10.6. The van der Waals surface area contributed by atoms with E-state index in [2.05, 4.69) is 13.0 Å². The number of benzene rings is 1. The lowest BCUT2D eigenvalue weighted by Gasteiger charge is -2.24. The van der Waals surface area contributed by atoms with Crippen LogP contribution in [0, 0.1) is 6.92 Å². The first kappa shape index (κ1) is 22.7. The fraction of sp³-hybridized carbons (Fsp3) is 0.304. The molecule has 0 N–H and O–H groups in total. The molecule has 1 aromatic carbocycles. The zero-order valence-corrected chi connectivity index (χ0v) is 17.8. The molecule has 0 radical (unpaired) electrons. The number of rotatable bonds is 9. The standard InChI is InChI=1S/C23H31NO2S/c1-6-9-13-20(4)14-10-11-19-24(22(8-3)12-7-2)27(25,26)23-17-15-21(5)16-18-23/h6-13,15-18H,14,19H2,1-5H3/b9-6-,11-10+,12-7-,20-13-,22-8+. The minimum absolute atomic E-state index is 0.289. The van der Waals surface area contributed by atoms with Gasteiger partial charge < -0.3 is 0 Å². The van der Waals surface area contributed by atoms with Crippen LogP contribution in [-0.4, -0.2) is 19.3 Å². The second-order valence-electron chi connectivity index (χ2n) is 6.28. The molecule has 0 spiro atoms. The van der Waals surface area contributed by atoms with Gasteiger partial charge in [0.05, 0.1) is 11.4 Å². The van der Waals surface area contributed by atoms with E-state index in [9.17, 15) is 8.42 Å². The lowest BCUT2D eigenvalue weighted by molar-refractivity contribution is 0.509. The van der Waals surface area contributed by atoms with Crippen molar-refractivity contribution in [2.75, 3.05) is 6.54 Å². The van der Waals surface area contributed by atoms with Crippen LogP contribution in [0.15, 0.2) is 89.0 Å². The maximum atomic E-state index is 13.2. The Bertz CT molecular complexity index is 839. The second kappa shape index (κ2) is 11.4. The highest BCUT2D eigenvalue weighted by Gasteiger charge is 2.24. The van der Waals surface area contributed by atoms with Crippen molar-refractivity contribution in [1.82, 2.24) is 4.31 Å². The molecule has 1 rings (SSSR count). The van der Waals surface area contributed by atoms with Crippen molar-refractivity contribution in [3.05, 3.63) is 89.7 Å². The van der Waals surface area contributed by atoms with E-state index in [0.717, 1.165) is 12.0 Å². The van der Waals surface area contributed by atoms with Crippen LogP contribution in [0.4, 0.5) is 0 Å². The van der Waals surface area contributed by atoms with Gasteiger partial charge in [0.2, 0.25) is 0 Å². The summed E-state index contributed by atoms with van der Waals surface area (Å²) in [6.45, 7) is 10.00. The summed E-state index contributed by atoms with van der Waals surface area (Å²) < 4.78 is 27.8. The van der Waals surface area contributed by atoms with E-state index in [4.69, 9.17) is 0 Å².